The fraction of sp³-hybridized carbons (Fsp3) is 0.867. The Labute approximate surface area is 109 Å². The number of allylic oxidation sites excluding steroid dienone is 1. The molecule has 3 nitrogen and oxygen atoms in total. The average molecular weight is 252 g/mol. The molecule has 0 unspecified atom stereocenters. The molecule has 3 aliphatic rings. The van der Waals surface area contributed by atoms with Crippen LogP contribution < -0.4 is 0 Å². The van der Waals surface area contributed by atoms with Crippen LogP contribution in [-0.4, -0.2) is 34.1 Å². The van der Waals surface area contributed by atoms with Gasteiger partial charge < -0.3 is 14.9 Å². The molecule has 0 amide bonds. The second-order valence-corrected chi connectivity index (χ2v) is 7.00. The number of aliphatic hydroxyl groups excluding tert-OH is 2. The Morgan fingerprint density at radius 2 is 2.11 bits per heavy atom. The zero-order valence-electron chi connectivity index (χ0n) is 11.6. The first-order valence-electron chi connectivity index (χ1n) is 7.03. The van der Waals surface area contributed by atoms with Crippen molar-refractivity contribution in [3.63, 3.8) is 0 Å². The summed E-state index contributed by atoms with van der Waals surface area (Å²) < 4.78 is 6.37. The molecule has 3 heteroatoms. The van der Waals surface area contributed by atoms with Crippen LogP contribution in [0.1, 0.15) is 46.5 Å². The molecule has 0 bridgehead atoms. The van der Waals surface area contributed by atoms with Gasteiger partial charge in [-0.2, -0.15) is 0 Å². The summed E-state index contributed by atoms with van der Waals surface area (Å²) in [4.78, 5) is 0. The van der Waals surface area contributed by atoms with Crippen molar-refractivity contribution in [1.82, 2.24) is 0 Å². The van der Waals surface area contributed by atoms with Crippen LogP contribution in [0.2, 0.25) is 0 Å². The molecule has 1 saturated heterocycles. The largest absolute Gasteiger partial charge is 0.393 e. The molecule has 2 aliphatic carbocycles. The van der Waals surface area contributed by atoms with Gasteiger partial charge in [-0.25, -0.2) is 0 Å². The fourth-order valence-electron chi connectivity index (χ4n) is 5.05. The van der Waals surface area contributed by atoms with Crippen LogP contribution in [0.5, 0.6) is 0 Å². The number of ether oxygens (including phenoxy) is 1. The van der Waals surface area contributed by atoms with E-state index in [1.165, 1.54) is 5.57 Å². The number of fused-ring (bicyclic) bond motifs is 3. The highest BCUT2D eigenvalue weighted by molar-refractivity contribution is 5.27. The fourth-order valence-corrected chi connectivity index (χ4v) is 5.05. The van der Waals surface area contributed by atoms with Gasteiger partial charge in [-0.1, -0.05) is 18.6 Å². The van der Waals surface area contributed by atoms with Gasteiger partial charge in [0.25, 0.3) is 0 Å². The quantitative estimate of drug-likeness (QED) is 0.702. The Kier molecular flexibility index (Phi) is 2.52. The maximum absolute atomic E-state index is 10.0. The molecule has 2 N–H and O–H groups in total. The Bertz CT molecular complexity index is 405. The summed E-state index contributed by atoms with van der Waals surface area (Å²) in [6, 6.07) is 0. The van der Waals surface area contributed by atoms with E-state index in [2.05, 4.69) is 26.8 Å². The summed E-state index contributed by atoms with van der Waals surface area (Å²) in [7, 11) is 0. The summed E-state index contributed by atoms with van der Waals surface area (Å²) in [5.41, 5.74) is 0.464. The SMILES string of the molecule is CC1=C[C@]2(C)O[C@]3(CO)C[C@@H](O)C[C@]3(C)[C@H]2CC1. The zero-order valence-corrected chi connectivity index (χ0v) is 11.6. The summed E-state index contributed by atoms with van der Waals surface area (Å²) in [5, 5.41) is 19.9. The zero-order chi connectivity index (χ0) is 13.2. The number of hydrogen-bond acceptors (Lipinski definition) is 3. The normalized spacial score (nSPS) is 55.1. The van der Waals surface area contributed by atoms with Crippen LogP contribution in [0.3, 0.4) is 0 Å². The smallest absolute Gasteiger partial charge is 0.101 e. The van der Waals surface area contributed by atoms with Crippen molar-refractivity contribution in [3.8, 4) is 0 Å². The van der Waals surface area contributed by atoms with Crippen molar-refractivity contribution in [2.45, 2.75) is 63.8 Å². The summed E-state index contributed by atoms with van der Waals surface area (Å²) in [6.07, 6.45) is 5.44. The molecule has 0 radical (unpaired) electrons. The third kappa shape index (κ3) is 1.36. The molecule has 102 valence electrons. The molecule has 1 aliphatic heterocycles. The highest BCUT2D eigenvalue weighted by Crippen LogP contribution is 2.65. The molecule has 0 aromatic carbocycles. The van der Waals surface area contributed by atoms with E-state index in [-0.39, 0.29) is 23.7 Å². The first kappa shape index (κ1) is 12.6. The molecule has 0 aromatic heterocycles. The monoisotopic (exact) mass is 252 g/mol. The maximum Gasteiger partial charge on any atom is 0.101 e. The van der Waals surface area contributed by atoms with E-state index < -0.39 is 5.60 Å². The Morgan fingerprint density at radius 1 is 1.39 bits per heavy atom. The van der Waals surface area contributed by atoms with Gasteiger partial charge in [-0.15, -0.1) is 0 Å². The minimum Gasteiger partial charge on any atom is -0.393 e. The van der Waals surface area contributed by atoms with Crippen LogP contribution in [0.25, 0.3) is 0 Å². The Balaban J connectivity index is 2.07. The summed E-state index contributed by atoms with van der Waals surface area (Å²) in [5.74, 6) is 0.401. The van der Waals surface area contributed by atoms with Crippen molar-refractivity contribution in [2.24, 2.45) is 11.3 Å². The van der Waals surface area contributed by atoms with Gasteiger partial charge >= 0.3 is 0 Å². The summed E-state index contributed by atoms with van der Waals surface area (Å²) in [6.45, 7) is 6.51. The minimum atomic E-state index is -0.549. The second-order valence-electron chi connectivity index (χ2n) is 7.00. The lowest BCUT2D eigenvalue weighted by Crippen LogP contribution is -2.44. The van der Waals surface area contributed by atoms with Gasteiger partial charge in [-0.05, 0) is 39.0 Å². The summed E-state index contributed by atoms with van der Waals surface area (Å²) >= 11 is 0. The van der Waals surface area contributed by atoms with Crippen LogP contribution in [-0.2, 0) is 4.74 Å². The van der Waals surface area contributed by atoms with Gasteiger partial charge in [0.15, 0.2) is 0 Å². The second kappa shape index (κ2) is 3.59. The minimum absolute atomic E-state index is 0.0134. The van der Waals surface area contributed by atoms with E-state index in [0.717, 1.165) is 19.3 Å². The molecule has 2 fully saturated rings. The van der Waals surface area contributed by atoms with E-state index >= 15 is 0 Å². The number of rotatable bonds is 1. The average Bonchev–Trinajstić information content (AvgIpc) is 2.58. The molecule has 0 spiro atoms. The predicted molar refractivity (Wildman–Crippen MR) is 69.1 cm³/mol. The molecule has 5 atom stereocenters. The lowest BCUT2D eigenvalue weighted by Gasteiger charge is -2.39. The third-order valence-corrected chi connectivity index (χ3v) is 5.76. The molecular weight excluding hydrogens is 228 g/mol. The highest BCUT2D eigenvalue weighted by Gasteiger charge is 2.70. The van der Waals surface area contributed by atoms with E-state index in [1.54, 1.807) is 0 Å². The van der Waals surface area contributed by atoms with Gasteiger partial charge in [-0.3, -0.25) is 0 Å². The van der Waals surface area contributed by atoms with Crippen LogP contribution in [0.4, 0.5) is 0 Å². The van der Waals surface area contributed by atoms with E-state index in [0.29, 0.717) is 12.3 Å². The van der Waals surface area contributed by atoms with E-state index in [1.807, 2.05) is 0 Å². The topological polar surface area (TPSA) is 49.7 Å². The van der Waals surface area contributed by atoms with Crippen molar-refractivity contribution in [3.05, 3.63) is 11.6 Å². The molecule has 0 aromatic rings. The number of aliphatic hydroxyl groups is 2. The van der Waals surface area contributed by atoms with Crippen molar-refractivity contribution < 1.29 is 14.9 Å². The lowest BCUT2D eigenvalue weighted by molar-refractivity contribution is -0.124. The van der Waals surface area contributed by atoms with Crippen LogP contribution in [0.15, 0.2) is 11.6 Å². The van der Waals surface area contributed by atoms with Gasteiger partial charge in [0, 0.05) is 11.8 Å². The third-order valence-electron chi connectivity index (χ3n) is 5.76. The first-order chi connectivity index (χ1) is 8.35. The molecule has 3 rings (SSSR count). The molecular formula is C15H24O3. The number of hydrogen-bond donors (Lipinski definition) is 2. The van der Waals surface area contributed by atoms with Gasteiger partial charge in [0.1, 0.15) is 5.60 Å². The molecule has 1 heterocycles. The van der Waals surface area contributed by atoms with Crippen molar-refractivity contribution in [2.75, 3.05) is 6.61 Å². The maximum atomic E-state index is 10.0. The standard InChI is InChI=1S/C15H24O3/c1-10-4-5-12-13(2)7-11(17)8-15(13,9-16)18-14(12,3)6-10/h6,11-12,16-17H,4-5,7-9H2,1-3H3/t11-,12+,13+,14-,15-/m0/s1. The predicted octanol–water partition coefficient (Wildman–Crippen LogP) is 2.02. The van der Waals surface area contributed by atoms with Crippen LogP contribution in [0, 0.1) is 11.3 Å². The van der Waals surface area contributed by atoms with E-state index in [4.69, 9.17) is 4.74 Å². The van der Waals surface area contributed by atoms with Crippen molar-refractivity contribution in [1.29, 1.82) is 0 Å². The first-order valence-corrected chi connectivity index (χ1v) is 7.03. The Hall–Kier alpha value is -0.380. The highest BCUT2D eigenvalue weighted by atomic mass is 16.5. The molecule has 1 saturated carbocycles. The van der Waals surface area contributed by atoms with E-state index in [9.17, 15) is 10.2 Å². The molecule has 18 heavy (non-hydrogen) atoms. The Morgan fingerprint density at radius 3 is 2.78 bits per heavy atom. The lowest BCUT2D eigenvalue weighted by atomic mass is 9.62. The van der Waals surface area contributed by atoms with Crippen molar-refractivity contribution >= 4 is 0 Å². The van der Waals surface area contributed by atoms with Crippen LogP contribution >= 0.6 is 0 Å². The van der Waals surface area contributed by atoms with Gasteiger partial charge in [0.05, 0.1) is 18.3 Å². The van der Waals surface area contributed by atoms with Gasteiger partial charge in [0.2, 0.25) is 0 Å².